The quantitative estimate of drug-likeness (QED) is 0.639. The van der Waals surface area contributed by atoms with Gasteiger partial charge in [-0.1, -0.05) is 28.1 Å². The van der Waals surface area contributed by atoms with Crippen LogP contribution in [0.5, 0.6) is 0 Å². The number of likely N-dealkylation sites (tertiary alicyclic amines) is 1. The summed E-state index contributed by atoms with van der Waals surface area (Å²) in [5, 5.41) is 13.3. The Morgan fingerprint density at radius 1 is 1.32 bits per heavy atom. The maximum atomic E-state index is 9.66. The molecule has 1 heterocycles. The summed E-state index contributed by atoms with van der Waals surface area (Å²) in [6, 6.07) is 9.10. The Hall–Kier alpha value is -1.07. The molecule has 1 aromatic carbocycles. The number of hydrogen-bond donors (Lipinski definition) is 2. The summed E-state index contributed by atoms with van der Waals surface area (Å²) in [5.74, 6) is 1.60. The molecule has 2 aliphatic rings. The van der Waals surface area contributed by atoms with Crippen molar-refractivity contribution in [3.63, 3.8) is 0 Å². The predicted molar refractivity (Wildman–Crippen MR) is 93.2 cm³/mol. The maximum Gasteiger partial charge on any atom is 0.194 e. The van der Waals surface area contributed by atoms with E-state index in [2.05, 4.69) is 62.3 Å². The standard InChI is InChI=1S/C17H24BrN3O/c1-2-19-17(21-9-7-14(22)8-10-21)20-16-11-15(16)12-3-5-13(18)6-4-12/h3-6,14-16,22H,2,7-11H2,1H3,(H,19,20). The lowest BCUT2D eigenvalue weighted by molar-refractivity contribution is 0.108. The molecule has 0 bridgehead atoms. The summed E-state index contributed by atoms with van der Waals surface area (Å²) < 4.78 is 1.13. The zero-order valence-electron chi connectivity index (χ0n) is 13.0. The highest BCUT2D eigenvalue weighted by Crippen LogP contribution is 2.41. The van der Waals surface area contributed by atoms with Crippen LogP contribution in [0.25, 0.3) is 0 Å². The molecule has 1 aromatic rings. The minimum Gasteiger partial charge on any atom is -0.393 e. The molecule has 1 aliphatic carbocycles. The van der Waals surface area contributed by atoms with E-state index >= 15 is 0 Å². The van der Waals surface area contributed by atoms with Crippen LogP contribution in [0.1, 0.15) is 37.7 Å². The minimum absolute atomic E-state index is 0.143. The Labute approximate surface area is 140 Å². The Morgan fingerprint density at radius 3 is 2.64 bits per heavy atom. The second kappa shape index (κ2) is 7.01. The van der Waals surface area contributed by atoms with Crippen LogP contribution in [-0.4, -0.2) is 47.7 Å². The van der Waals surface area contributed by atoms with Crippen molar-refractivity contribution in [1.29, 1.82) is 0 Å². The van der Waals surface area contributed by atoms with Crippen molar-refractivity contribution >= 4 is 21.9 Å². The van der Waals surface area contributed by atoms with Crippen molar-refractivity contribution in [3.05, 3.63) is 34.3 Å². The van der Waals surface area contributed by atoms with E-state index in [4.69, 9.17) is 0 Å². The van der Waals surface area contributed by atoms with Gasteiger partial charge in [0.2, 0.25) is 0 Å². The van der Waals surface area contributed by atoms with Gasteiger partial charge in [-0.05, 0) is 43.9 Å². The molecule has 2 unspecified atom stereocenters. The van der Waals surface area contributed by atoms with Crippen LogP contribution >= 0.6 is 15.9 Å². The zero-order valence-corrected chi connectivity index (χ0v) is 14.6. The number of nitrogens with one attached hydrogen (secondary N) is 1. The summed E-state index contributed by atoms with van der Waals surface area (Å²) in [7, 11) is 0. The predicted octanol–water partition coefficient (Wildman–Crippen LogP) is 2.73. The van der Waals surface area contributed by atoms with E-state index in [1.807, 2.05) is 0 Å². The molecular weight excluding hydrogens is 342 g/mol. The number of aliphatic hydroxyl groups excluding tert-OH is 1. The molecule has 1 aliphatic heterocycles. The first-order valence-electron chi connectivity index (χ1n) is 8.17. The summed E-state index contributed by atoms with van der Waals surface area (Å²) in [6.07, 6.45) is 2.70. The number of guanidine groups is 1. The molecule has 0 radical (unpaired) electrons. The fourth-order valence-corrected chi connectivity index (χ4v) is 3.33. The van der Waals surface area contributed by atoms with Gasteiger partial charge in [-0.3, -0.25) is 4.99 Å². The molecule has 22 heavy (non-hydrogen) atoms. The number of halogens is 1. The topological polar surface area (TPSA) is 47.9 Å². The van der Waals surface area contributed by atoms with Crippen LogP contribution in [0, 0.1) is 0 Å². The van der Waals surface area contributed by atoms with E-state index in [1.54, 1.807) is 0 Å². The summed E-state index contributed by atoms with van der Waals surface area (Å²) in [5.41, 5.74) is 1.39. The van der Waals surface area contributed by atoms with Crippen LogP contribution < -0.4 is 5.32 Å². The molecule has 4 nitrogen and oxygen atoms in total. The molecule has 2 fully saturated rings. The number of benzene rings is 1. The number of nitrogens with zero attached hydrogens (tertiary/aromatic N) is 2. The highest BCUT2D eigenvalue weighted by Gasteiger charge is 2.39. The molecule has 0 aromatic heterocycles. The summed E-state index contributed by atoms with van der Waals surface area (Å²) in [6.45, 7) is 4.64. The number of aliphatic hydroxyl groups is 1. The van der Waals surface area contributed by atoms with Crippen LogP contribution in [0.3, 0.4) is 0 Å². The van der Waals surface area contributed by atoms with Crippen LogP contribution in [0.2, 0.25) is 0 Å². The molecule has 1 saturated carbocycles. The monoisotopic (exact) mass is 365 g/mol. The number of hydrogen-bond acceptors (Lipinski definition) is 2. The normalized spacial score (nSPS) is 26.1. The molecule has 120 valence electrons. The third-order valence-corrected chi connectivity index (χ3v) is 5.00. The highest BCUT2D eigenvalue weighted by molar-refractivity contribution is 9.10. The molecule has 3 rings (SSSR count). The van der Waals surface area contributed by atoms with Gasteiger partial charge in [0.05, 0.1) is 6.10 Å². The lowest BCUT2D eigenvalue weighted by atomic mass is 10.1. The summed E-state index contributed by atoms with van der Waals surface area (Å²) >= 11 is 3.49. The van der Waals surface area contributed by atoms with Crippen molar-refractivity contribution in [3.8, 4) is 0 Å². The van der Waals surface area contributed by atoms with Gasteiger partial charge in [0.25, 0.3) is 0 Å². The van der Waals surface area contributed by atoms with E-state index in [-0.39, 0.29) is 6.10 Å². The minimum atomic E-state index is -0.143. The molecule has 5 heteroatoms. The lowest BCUT2D eigenvalue weighted by Gasteiger charge is -2.32. The zero-order chi connectivity index (χ0) is 15.5. The van der Waals surface area contributed by atoms with Crippen molar-refractivity contribution in [2.24, 2.45) is 4.99 Å². The molecule has 2 N–H and O–H groups in total. The molecule has 2 atom stereocenters. The van der Waals surface area contributed by atoms with Gasteiger partial charge in [-0.25, -0.2) is 0 Å². The first-order valence-corrected chi connectivity index (χ1v) is 8.96. The van der Waals surface area contributed by atoms with Crippen molar-refractivity contribution in [2.75, 3.05) is 19.6 Å². The average molecular weight is 366 g/mol. The Balaban J connectivity index is 1.59. The van der Waals surface area contributed by atoms with Crippen LogP contribution in [-0.2, 0) is 0 Å². The highest BCUT2D eigenvalue weighted by atomic mass is 79.9. The van der Waals surface area contributed by atoms with Gasteiger partial charge in [-0.15, -0.1) is 0 Å². The van der Waals surface area contributed by atoms with Gasteiger partial charge in [0.1, 0.15) is 0 Å². The first kappa shape index (κ1) is 15.8. The number of piperidine rings is 1. The van der Waals surface area contributed by atoms with Crippen LogP contribution in [0.15, 0.2) is 33.7 Å². The second-order valence-corrected chi connectivity index (χ2v) is 7.08. The first-order chi connectivity index (χ1) is 10.7. The third kappa shape index (κ3) is 3.82. The van der Waals surface area contributed by atoms with Gasteiger partial charge in [0.15, 0.2) is 5.96 Å². The van der Waals surface area contributed by atoms with E-state index in [0.717, 1.165) is 42.9 Å². The van der Waals surface area contributed by atoms with Gasteiger partial charge in [0, 0.05) is 36.1 Å². The molecule has 1 saturated heterocycles. The fraction of sp³-hybridized carbons (Fsp3) is 0.588. The number of aliphatic imine (C=N–C) groups is 1. The van der Waals surface area contributed by atoms with E-state index < -0.39 is 0 Å². The van der Waals surface area contributed by atoms with Crippen LogP contribution in [0.4, 0.5) is 0 Å². The van der Waals surface area contributed by atoms with Crippen molar-refractivity contribution < 1.29 is 5.11 Å². The summed E-state index contributed by atoms with van der Waals surface area (Å²) in [4.78, 5) is 6.92. The largest absolute Gasteiger partial charge is 0.393 e. The van der Waals surface area contributed by atoms with E-state index in [9.17, 15) is 5.11 Å². The van der Waals surface area contributed by atoms with Gasteiger partial charge in [-0.2, -0.15) is 0 Å². The Kier molecular flexibility index (Phi) is 5.03. The fourth-order valence-electron chi connectivity index (χ4n) is 3.06. The second-order valence-electron chi connectivity index (χ2n) is 6.16. The maximum absolute atomic E-state index is 9.66. The molecular formula is C17H24BrN3O. The van der Waals surface area contributed by atoms with E-state index in [1.165, 1.54) is 12.0 Å². The van der Waals surface area contributed by atoms with E-state index in [0.29, 0.717) is 12.0 Å². The third-order valence-electron chi connectivity index (χ3n) is 4.47. The molecule has 0 spiro atoms. The smallest absolute Gasteiger partial charge is 0.194 e. The van der Waals surface area contributed by atoms with Crippen molar-refractivity contribution in [2.45, 2.75) is 44.2 Å². The van der Waals surface area contributed by atoms with Crippen molar-refractivity contribution in [1.82, 2.24) is 10.2 Å². The average Bonchev–Trinajstić information content (AvgIpc) is 3.28. The Bertz CT molecular complexity index is 523. The lowest BCUT2D eigenvalue weighted by Crippen LogP contribution is -2.47. The SMILES string of the molecule is CCN=C(NC1CC1c1ccc(Br)cc1)N1CCC(O)CC1. The molecule has 0 amide bonds. The van der Waals surface area contributed by atoms with Gasteiger partial charge >= 0.3 is 0 Å². The Morgan fingerprint density at radius 2 is 2.00 bits per heavy atom. The van der Waals surface area contributed by atoms with Gasteiger partial charge < -0.3 is 15.3 Å². The number of rotatable bonds is 3.